The number of furan rings is 1. The van der Waals surface area contributed by atoms with E-state index in [0.29, 0.717) is 11.5 Å². The first-order valence-electron chi connectivity index (χ1n) is 6.57. The minimum atomic E-state index is -0.316. The maximum Gasteiger partial charge on any atom is 0.336 e. The molecular weight excluding hydrogens is 240 g/mol. The Bertz CT molecular complexity index is 808. The molecule has 2 heterocycles. The fourth-order valence-electron chi connectivity index (χ4n) is 2.35. The van der Waals surface area contributed by atoms with Gasteiger partial charge in [0.05, 0.1) is 5.39 Å². The molecule has 2 aromatic heterocycles. The van der Waals surface area contributed by atoms with Crippen LogP contribution in [0.1, 0.15) is 37.5 Å². The molecule has 0 aliphatic carbocycles. The summed E-state index contributed by atoms with van der Waals surface area (Å²) in [6, 6.07) is 7.40. The molecule has 0 spiro atoms. The van der Waals surface area contributed by atoms with E-state index in [1.54, 1.807) is 0 Å². The van der Waals surface area contributed by atoms with Crippen LogP contribution in [-0.4, -0.2) is 0 Å². The van der Waals surface area contributed by atoms with Crippen LogP contribution >= 0.6 is 0 Å². The van der Waals surface area contributed by atoms with Gasteiger partial charge in [0.25, 0.3) is 0 Å². The monoisotopic (exact) mass is 256 g/mol. The molecule has 0 amide bonds. The van der Waals surface area contributed by atoms with E-state index in [-0.39, 0.29) is 5.63 Å². The SMILES string of the molecule is CCC(C)c1cc2c(ccc3c(C)cc(=O)oc32)o1. The van der Waals surface area contributed by atoms with E-state index in [2.05, 4.69) is 13.8 Å². The molecule has 3 rings (SSSR count). The van der Waals surface area contributed by atoms with Crippen LogP contribution in [-0.2, 0) is 0 Å². The lowest BCUT2D eigenvalue weighted by atomic mass is 10.0. The summed E-state index contributed by atoms with van der Waals surface area (Å²) in [5, 5.41) is 1.84. The van der Waals surface area contributed by atoms with Crippen LogP contribution in [0.4, 0.5) is 0 Å². The Morgan fingerprint density at radius 1 is 1.16 bits per heavy atom. The quantitative estimate of drug-likeness (QED) is 0.640. The molecule has 0 fully saturated rings. The summed E-state index contributed by atoms with van der Waals surface area (Å²) >= 11 is 0. The Labute approximate surface area is 110 Å². The molecular formula is C16H16O3. The number of rotatable bonds is 2. The summed E-state index contributed by atoms with van der Waals surface area (Å²) in [6.07, 6.45) is 1.01. The fourth-order valence-corrected chi connectivity index (χ4v) is 2.35. The maximum absolute atomic E-state index is 11.5. The zero-order chi connectivity index (χ0) is 13.6. The summed E-state index contributed by atoms with van der Waals surface area (Å²) in [6.45, 7) is 6.17. The smallest absolute Gasteiger partial charge is 0.336 e. The Morgan fingerprint density at radius 3 is 2.68 bits per heavy atom. The normalized spacial score (nSPS) is 13.2. The van der Waals surface area contributed by atoms with Gasteiger partial charge in [0.15, 0.2) is 0 Å². The van der Waals surface area contributed by atoms with Crippen molar-refractivity contribution in [2.75, 3.05) is 0 Å². The van der Waals surface area contributed by atoms with Gasteiger partial charge in [-0.25, -0.2) is 4.79 Å². The van der Waals surface area contributed by atoms with Gasteiger partial charge in [0, 0.05) is 17.4 Å². The van der Waals surface area contributed by atoms with Crippen molar-refractivity contribution >= 4 is 21.9 Å². The van der Waals surface area contributed by atoms with Crippen molar-refractivity contribution in [1.82, 2.24) is 0 Å². The fraction of sp³-hybridized carbons (Fsp3) is 0.312. The minimum absolute atomic E-state index is 0.316. The highest BCUT2D eigenvalue weighted by Crippen LogP contribution is 2.32. The van der Waals surface area contributed by atoms with Crippen molar-refractivity contribution in [3.63, 3.8) is 0 Å². The first kappa shape index (κ1) is 12.0. The number of hydrogen-bond donors (Lipinski definition) is 0. The standard InChI is InChI=1S/C16H16O3/c1-4-9(2)14-8-12-13(18-14)6-5-11-10(3)7-15(17)19-16(11)12/h5-9H,4H2,1-3H3. The number of fused-ring (bicyclic) bond motifs is 3. The highest BCUT2D eigenvalue weighted by molar-refractivity contribution is 6.03. The van der Waals surface area contributed by atoms with E-state index in [1.807, 2.05) is 25.1 Å². The van der Waals surface area contributed by atoms with Crippen molar-refractivity contribution < 1.29 is 8.83 Å². The molecule has 3 heteroatoms. The van der Waals surface area contributed by atoms with Gasteiger partial charge >= 0.3 is 5.63 Å². The molecule has 1 atom stereocenters. The lowest BCUT2D eigenvalue weighted by Crippen LogP contribution is -1.97. The number of hydrogen-bond acceptors (Lipinski definition) is 3. The molecule has 0 saturated heterocycles. The Hall–Kier alpha value is -2.03. The summed E-state index contributed by atoms with van der Waals surface area (Å²) in [4.78, 5) is 11.5. The Balaban J connectivity index is 2.39. The third-order valence-electron chi connectivity index (χ3n) is 3.73. The predicted molar refractivity (Wildman–Crippen MR) is 75.7 cm³/mol. The van der Waals surface area contributed by atoms with Crippen molar-refractivity contribution in [3.8, 4) is 0 Å². The molecule has 19 heavy (non-hydrogen) atoms. The van der Waals surface area contributed by atoms with Crippen LogP contribution in [0.25, 0.3) is 21.9 Å². The molecule has 0 bridgehead atoms. The second-order valence-corrected chi connectivity index (χ2v) is 5.06. The molecule has 1 aromatic carbocycles. The molecule has 1 unspecified atom stereocenters. The van der Waals surface area contributed by atoms with Crippen molar-refractivity contribution in [3.05, 3.63) is 46.0 Å². The molecule has 98 valence electrons. The van der Waals surface area contributed by atoms with Gasteiger partial charge in [-0.2, -0.15) is 0 Å². The minimum Gasteiger partial charge on any atom is -0.461 e. The van der Waals surface area contributed by atoms with Crippen LogP contribution in [0.5, 0.6) is 0 Å². The second kappa shape index (κ2) is 4.26. The summed E-state index contributed by atoms with van der Waals surface area (Å²) < 4.78 is 11.2. The zero-order valence-electron chi connectivity index (χ0n) is 11.3. The first-order chi connectivity index (χ1) is 9.10. The Kier molecular flexibility index (Phi) is 2.70. The van der Waals surface area contributed by atoms with E-state index in [4.69, 9.17) is 8.83 Å². The molecule has 3 nitrogen and oxygen atoms in total. The van der Waals surface area contributed by atoms with Gasteiger partial charge < -0.3 is 8.83 Å². The van der Waals surface area contributed by atoms with Gasteiger partial charge in [-0.05, 0) is 37.1 Å². The van der Waals surface area contributed by atoms with E-state index in [9.17, 15) is 4.79 Å². The lowest BCUT2D eigenvalue weighted by Gasteiger charge is -2.01. The topological polar surface area (TPSA) is 43.4 Å². The van der Waals surface area contributed by atoms with Crippen LogP contribution in [0.2, 0.25) is 0 Å². The molecule has 3 aromatic rings. The zero-order valence-corrected chi connectivity index (χ0v) is 11.3. The first-order valence-corrected chi connectivity index (χ1v) is 6.57. The van der Waals surface area contributed by atoms with Crippen LogP contribution in [0.3, 0.4) is 0 Å². The number of aryl methyl sites for hydroxylation is 1. The van der Waals surface area contributed by atoms with Gasteiger partial charge in [-0.3, -0.25) is 0 Å². The number of benzene rings is 1. The lowest BCUT2D eigenvalue weighted by molar-refractivity contribution is 0.499. The maximum atomic E-state index is 11.5. The van der Waals surface area contributed by atoms with Crippen molar-refractivity contribution in [2.24, 2.45) is 0 Å². The molecule has 0 aliphatic rings. The van der Waals surface area contributed by atoms with Gasteiger partial charge in [-0.1, -0.05) is 13.8 Å². The van der Waals surface area contributed by atoms with Gasteiger partial charge in [0.2, 0.25) is 0 Å². The summed E-state index contributed by atoms with van der Waals surface area (Å²) in [7, 11) is 0. The third-order valence-corrected chi connectivity index (χ3v) is 3.73. The van der Waals surface area contributed by atoms with Gasteiger partial charge in [0.1, 0.15) is 16.9 Å². The van der Waals surface area contributed by atoms with Crippen LogP contribution in [0.15, 0.2) is 37.9 Å². The third kappa shape index (κ3) is 1.86. The Morgan fingerprint density at radius 2 is 1.95 bits per heavy atom. The summed E-state index contributed by atoms with van der Waals surface area (Å²) in [5.74, 6) is 1.30. The predicted octanol–water partition coefficient (Wildman–Crippen LogP) is 4.36. The van der Waals surface area contributed by atoms with Crippen molar-refractivity contribution in [1.29, 1.82) is 0 Å². The highest BCUT2D eigenvalue weighted by Gasteiger charge is 2.14. The average Bonchev–Trinajstić information content (AvgIpc) is 2.81. The molecule has 0 aliphatic heterocycles. The largest absolute Gasteiger partial charge is 0.461 e. The van der Waals surface area contributed by atoms with E-state index in [1.165, 1.54) is 6.07 Å². The molecule has 0 saturated carbocycles. The molecule has 0 N–H and O–H groups in total. The highest BCUT2D eigenvalue weighted by atomic mass is 16.4. The van der Waals surface area contributed by atoms with E-state index in [0.717, 1.165) is 34.1 Å². The van der Waals surface area contributed by atoms with Crippen LogP contribution in [0, 0.1) is 6.92 Å². The van der Waals surface area contributed by atoms with Crippen LogP contribution < -0.4 is 5.63 Å². The van der Waals surface area contributed by atoms with E-state index < -0.39 is 0 Å². The van der Waals surface area contributed by atoms with Gasteiger partial charge in [-0.15, -0.1) is 0 Å². The second-order valence-electron chi connectivity index (χ2n) is 5.06. The summed E-state index contributed by atoms with van der Waals surface area (Å²) in [5.41, 5.74) is 2.01. The van der Waals surface area contributed by atoms with E-state index >= 15 is 0 Å². The molecule has 0 radical (unpaired) electrons. The van der Waals surface area contributed by atoms with Crippen molar-refractivity contribution in [2.45, 2.75) is 33.1 Å². The average molecular weight is 256 g/mol.